The van der Waals surface area contributed by atoms with Crippen molar-refractivity contribution in [3.8, 4) is 17.0 Å². The van der Waals surface area contributed by atoms with Gasteiger partial charge in [-0.05, 0) is 54.5 Å². The van der Waals surface area contributed by atoms with E-state index in [1.807, 2.05) is 20.9 Å². The highest BCUT2D eigenvalue weighted by atomic mass is 79.9. The second-order valence-corrected chi connectivity index (χ2v) is 11.3. The number of aryl methyl sites for hydroxylation is 1. The number of ether oxygens (including phenoxy) is 1. The molecule has 0 bridgehead atoms. The largest absolute Gasteiger partial charge is 0.493 e. The molecule has 0 atom stereocenters. The van der Waals surface area contributed by atoms with Gasteiger partial charge < -0.3 is 14.6 Å². The summed E-state index contributed by atoms with van der Waals surface area (Å²) in [5.74, 6) is 0.449. The highest BCUT2D eigenvalue weighted by Gasteiger charge is 2.26. The van der Waals surface area contributed by atoms with Gasteiger partial charge in [0.25, 0.3) is 15.6 Å². The number of hydrazine groups is 1. The molecule has 1 aromatic carbocycles. The van der Waals surface area contributed by atoms with E-state index in [4.69, 9.17) is 4.74 Å². The molecule has 196 valence electrons. The van der Waals surface area contributed by atoms with Gasteiger partial charge in [-0.15, -0.1) is 4.83 Å². The van der Waals surface area contributed by atoms with E-state index in [-0.39, 0.29) is 10.4 Å². The summed E-state index contributed by atoms with van der Waals surface area (Å²) in [7, 11) is -0.435. The maximum absolute atomic E-state index is 13.2. The standard InChI is InChI=1S/C23H31BrN6O5S/c1-5-9-30-21-18(24)19(25-20(21)22(31)28(4)23(30)32)16-14-15(7-8-17(16)35-6-2)36(33,34)26-29-12-10-27(3)11-13-29/h7-8,14,25-26H,5-6,9-13H2,1-4H3. The van der Waals surface area contributed by atoms with Gasteiger partial charge >= 0.3 is 5.69 Å². The monoisotopic (exact) mass is 582 g/mol. The number of nitrogens with zero attached hydrogens (tertiary/aromatic N) is 4. The number of aromatic amines is 1. The molecule has 0 aliphatic carbocycles. The number of H-pyrrole nitrogens is 1. The lowest BCUT2D eigenvalue weighted by Gasteiger charge is -2.32. The summed E-state index contributed by atoms with van der Waals surface area (Å²) in [6.45, 7) is 7.22. The summed E-state index contributed by atoms with van der Waals surface area (Å²) in [5.41, 5.74) is 0.715. The lowest BCUT2D eigenvalue weighted by Crippen LogP contribution is -2.52. The van der Waals surface area contributed by atoms with Crippen molar-refractivity contribution >= 4 is 37.0 Å². The third-order valence-electron chi connectivity index (χ3n) is 6.25. The predicted octanol–water partition coefficient (Wildman–Crippen LogP) is 1.71. The van der Waals surface area contributed by atoms with E-state index in [0.29, 0.717) is 59.7 Å². The zero-order valence-corrected chi connectivity index (χ0v) is 23.2. The Morgan fingerprint density at radius 3 is 2.44 bits per heavy atom. The van der Waals surface area contributed by atoms with Crippen molar-refractivity contribution < 1.29 is 13.2 Å². The van der Waals surface area contributed by atoms with E-state index in [9.17, 15) is 18.0 Å². The molecule has 3 heterocycles. The molecule has 0 unspecified atom stereocenters. The number of nitrogens with one attached hydrogen (secondary N) is 2. The molecule has 1 aliphatic heterocycles. The number of likely N-dealkylation sites (N-methyl/N-ethyl adjacent to an activating group) is 1. The first-order valence-electron chi connectivity index (χ1n) is 11.8. The van der Waals surface area contributed by atoms with Crippen molar-refractivity contribution in [3.63, 3.8) is 0 Å². The van der Waals surface area contributed by atoms with Gasteiger partial charge in [-0.25, -0.2) is 18.2 Å². The van der Waals surface area contributed by atoms with Crippen molar-refractivity contribution in [2.24, 2.45) is 7.05 Å². The molecular weight excluding hydrogens is 552 g/mol. The predicted molar refractivity (Wildman–Crippen MR) is 142 cm³/mol. The van der Waals surface area contributed by atoms with Crippen LogP contribution in [0.2, 0.25) is 0 Å². The molecule has 0 amide bonds. The fraction of sp³-hybridized carbons (Fsp3) is 0.478. The van der Waals surface area contributed by atoms with Crippen molar-refractivity contribution in [1.29, 1.82) is 0 Å². The van der Waals surface area contributed by atoms with Crippen LogP contribution >= 0.6 is 15.9 Å². The summed E-state index contributed by atoms with van der Waals surface area (Å²) in [6.07, 6.45) is 0.691. The van der Waals surface area contributed by atoms with Crippen molar-refractivity contribution in [1.82, 2.24) is 28.9 Å². The Morgan fingerprint density at radius 1 is 1.11 bits per heavy atom. The SMILES string of the molecule is CCCn1c(=O)n(C)c(=O)c2[nH]c(-c3cc(S(=O)(=O)NN4CCN(C)CC4)ccc3OCC)c(Br)c21. The number of aromatic nitrogens is 3. The zero-order valence-electron chi connectivity index (χ0n) is 20.8. The van der Waals surface area contributed by atoms with Gasteiger partial charge in [-0.2, -0.15) is 0 Å². The number of sulfonamides is 1. The molecule has 0 radical (unpaired) electrons. The summed E-state index contributed by atoms with van der Waals surface area (Å²) in [5, 5.41) is 1.69. The minimum atomic E-state index is -3.87. The Morgan fingerprint density at radius 2 is 1.81 bits per heavy atom. The number of rotatable bonds is 8. The molecule has 36 heavy (non-hydrogen) atoms. The minimum Gasteiger partial charge on any atom is -0.493 e. The second kappa shape index (κ2) is 10.5. The van der Waals surface area contributed by atoms with Gasteiger partial charge in [-0.1, -0.05) is 6.92 Å². The summed E-state index contributed by atoms with van der Waals surface area (Å²) < 4.78 is 35.4. The number of hydrogen-bond donors (Lipinski definition) is 2. The van der Waals surface area contributed by atoms with Gasteiger partial charge in [0.2, 0.25) is 0 Å². The molecule has 13 heteroatoms. The van der Waals surface area contributed by atoms with E-state index in [2.05, 4.69) is 30.6 Å². The number of halogens is 1. The molecule has 1 saturated heterocycles. The van der Waals surface area contributed by atoms with Crippen LogP contribution in [0.1, 0.15) is 20.3 Å². The summed E-state index contributed by atoms with van der Waals surface area (Å²) >= 11 is 3.58. The van der Waals surface area contributed by atoms with Gasteiger partial charge in [0.15, 0.2) is 0 Å². The molecule has 0 spiro atoms. The van der Waals surface area contributed by atoms with Crippen LogP contribution in [0.25, 0.3) is 22.3 Å². The van der Waals surface area contributed by atoms with Gasteiger partial charge in [-0.3, -0.25) is 13.9 Å². The molecule has 11 nitrogen and oxygen atoms in total. The van der Waals surface area contributed by atoms with Crippen LogP contribution in [0.3, 0.4) is 0 Å². The first kappa shape index (κ1) is 26.6. The molecular formula is C23H31BrN6O5S. The first-order valence-corrected chi connectivity index (χ1v) is 14.1. The van der Waals surface area contributed by atoms with Crippen LogP contribution in [-0.4, -0.2) is 72.3 Å². The third kappa shape index (κ3) is 4.90. The smallest absolute Gasteiger partial charge is 0.331 e. The highest BCUT2D eigenvalue weighted by molar-refractivity contribution is 9.10. The number of piperazine rings is 1. The Labute approximate surface area is 217 Å². The zero-order chi connectivity index (χ0) is 26.2. The average Bonchev–Trinajstić information content (AvgIpc) is 3.19. The maximum atomic E-state index is 13.2. The van der Waals surface area contributed by atoms with E-state index in [1.54, 1.807) is 11.1 Å². The molecule has 2 N–H and O–H groups in total. The van der Waals surface area contributed by atoms with E-state index < -0.39 is 21.3 Å². The average molecular weight is 584 g/mol. The Kier molecular flexibility index (Phi) is 7.76. The van der Waals surface area contributed by atoms with Gasteiger partial charge in [0, 0.05) is 45.3 Å². The highest BCUT2D eigenvalue weighted by Crippen LogP contribution is 2.39. The number of fused-ring (bicyclic) bond motifs is 1. The van der Waals surface area contributed by atoms with Crippen LogP contribution < -0.4 is 20.8 Å². The van der Waals surface area contributed by atoms with Crippen molar-refractivity contribution in [3.05, 3.63) is 43.5 Å². The van der Waals surface area contributed by atoms with Crippen molar-refractivity contribution in [2.45, 2.75) is 31.7 Å². The number of benzene rings is 1. The lowest BCUT2D eigenvalue weighted by atomic mass is 10.1. The molecule has 2 aromatic heterocycles. The lowest BCUT2D eigenvalue weighted by molar-refractivity contribution is 0.135. The van der Waals surface area contributed by atoms with Gasteiger partial charge in [0.05, 0.1) is 27.2 Å². The van der Waals surface area contributed by atoms with Crippen molar-refractivity contribution in [2.75, 3.05) is 39.8 Å². The van der Waals surface area contributed by atoms with Gasteiger partial charge in [0.1, 0.15) is 11.3 Å². The Hall–Kier alpha value is -2.45. The van der Waals surface area contributed by atoms with Crippen LogP contribution in [0, 0.1) is 0 Å². The van der Waals surface area contributed by atoms with E-state index in [1.165, 1.54) is 23.7 Å². The van der Waals surface area contributed by atoms with E-state index >= 15 is 0 Å². The molecule has 1 aliphatic rings. The minimum absolute atomic E-state index is 0.0595. The Bertz CT molecular complexity index is 1500. The Balaban J connectivity index is 1.86. The topological polar surface area (TPSA) is 122 Å². The second-order valence-electron chi connectivity index (χ2n) is 8.81. The maximum Gasteiger partial charge on any atom is 0.331 e. The van der Waals surface area contributed by atoms with Crippen LogP contribution in [0.4, 0.5) is 0 Å². The number of hydrogen-bond acceptors (Lipinski definition) is 7. The fourth-order valence-corrected chi connectivity index (χ4v) is 6.17. The van der Waals surface area contributed by atoms with Crippen LogP contribution in [-0.2, 0) is 23.6 Å². The molecule has 0 saturated carbocycles. The molecule has 3 aromatic rings. The van der Waals surface area contributed by atoms with Crippen LogP contribution in [0.5, 0.6) is 5.75 Å². The third-order valence-corrected chi connectivity index (χ3v) is 8.40. The first-order chi connectivity index (χ1) is 17.1. The van der Waals surface area contributed by atoms with Crippen LogP contribution in [0.15, 0.2) is 37.2 Å². The quantitative estimate of drug-likeness (QED) is 0.414. The summed E-state index contributed by atoms with van der Waals surface area (Å²) in [6, 6.07) is 4.62. The summed E-state index contributed by atoms with van der Waals surface area (Å²) in [4.78, 5) is 33.8. The normalized spacial score (nSPS) is 15.6. The van der Waals surface area contributed by atoms with E-state index in [0.717, 1.165) is 17.7 Å². The molecule has 4 rings (SSSR count). The molecule has 1 fully saturated rings. The fourth-order valence-electron chi connectivity index (χ4n) is 4.30.